The molecule has 2 rings (SSSR count). The van der Waals surface area contributed by atoms with E-state index in [1.165, 1.54) is 23.9 Å². The number of methoxy groups -OCH3 is 1. The van der Waals surface area contributed by atoms with E-state index in [4.69, 9.17) is 4.74 Å². The molecule has 0 amide bonds. The molecule has 0 heterocycles. The number of ether oxygens (including phenoxy) is 1. The van der Waals surface area contributed by atoms with Gasteiger partial charge in [-0.05, 0) is 30.3 Å². The van der Waals surface area contributed by atoms with Crippen LogP contribution in [0.1, 0.15) is 0 Å². The van der Waals surface area contributed by atoms with Crippen molar-refractivity contribution in [2.45, 2.75) is 9.79 Å². The van der Waals surface area contributed by atoms with Crippen LogP contribution in [-0.2, 0) is 9.84 Å². The van der Waals surface area contributed by atoms with E-state index < -0.39 is 9.84 Å². The lowest BCUT2D eigenvalue weighted by molar-refractivity contribution is 0.413. The minimum Gasteiger partial charge on any atom is -0.507 e. The van der Waals surface area contributed by atoms with Crippen molar-refractivity contribution in [2.75, 3.05) is 18.6 Å². The molecule has 0 atom stereocenters. The number of phenols is 1. The average Bonchev–Trinajstić information content (AvgIpc) is 2.47. The predicted octanol–water partition coefficient (Wildman–Crippen LogP) is 2.97. The van der Waals surface area contributed by atoms with Gasteiger partial charge < -0.3 is 9.84 Å². The Bertz CT molecular complexity index is 711. The van der Waals surface area contributed by atoms with Gasteiger partial charge in [-0.2, -0.15) is 0 Å². The van der Waals surface area contributed by atoms with Gasteiger partial charge in [-0.1, -0.05) is 18.2 Å². The Balaban J connectivity index is 2.01. The van der Waals surface area contributed by atoms with E-state index in [2.05, 4.69) is 0 Å². The maximum Gasteiger partial charge on any atom is 0.182 e. The fourth-order valence-corrected chi connectivity index (χ4v) is 4.50. The van der Waals surface area contributed by atoms with Gasteiger partial charge in [0, 0.05) is 10.6 Å². The maximum atomic E-state index is 12.2. The minimum absolute atomic E-state index is 0.0174. The highest BCUT2D eigenvalue weighted by molar-refractivity contribution is 8.00. The molecule has 0 aliphatic carbocycles. The van der Waals surface area contributed by atoms with Crippen molar-refractivity contribution in [3.05, 3.63) is 48.5 Å². The highest BCUT2D eigenvalue weighted by Gasteiger charge is 2.17. The zero-order chi connectivity index (χ0) is 15.3. The number of phenolic OH excluding ortho intramolecular Hbond substituents is 1. The Morgan fingerprint density at radius 2 is 1.90 bits per heavy atom. The van der Waals surface area contributed by atoms with Crippen LogP contribution in [0.2, 0.25) is 0 Å². The van der Waals surface area contributed by atoms with Crippen LogP contribution in [0.4, 0.5) is 0 Å². The molecule has 0 unspecified atom stereocenters. The molecule has 112 valence electrons. The summed E-state index contributed by atoms with van der Waals surface area (Å²) in [6, 6.07) is 13.4. The van der Waals surface area contributed by atoms with Crippen molar-refractivity contribution in [3.63, 3.8) is 0 Å². The second-order valence-corrected chi connectivity index (χ2v) is 7.56. The summed E-state index contributed by atoms with van der Waals surface area (Å²) in [7, 11) is -1.89. The zero-order valence-corrected chi connectivity index (χ0v) is 13.2. The third-order valence-corrected chi connectivity index (χ3v) is 5.87. The molecule has 6 heteroatoms. The van der Waals surface area contributed by atoms with E-state index in [0.29, 0.717) is 5.75 Å². The van der Waals surface area contributed by atoms with E-state index in [1.807, 2.05) is 24.3 Å². The molecule has 1 N–H and O–H groups in total. The third kappa shape index (κ3) is 4.15. The average molecular weight is 324 g/mol. The summed E-state index contributed by atoms with van der Waals surface area (Å²) in [6.45, 7) is 0. The number of benzene rings is 2. The van der Waals surface area contributed by atoms with E-state index in [-0.39, 0.29) is 16.4 Å². The molecule has 0 spiro atoms. The molecule has 0 bridgehead atoms. The number of rotatable bonds is 6. The van der Waals surface area contributed by atoms with Crippen LogP contribution in [-0.4, -0.2) is 32.1 Å². The van der Waals surface area contributed by atoms with Gasteiger partial charge in [0.05, 0.1) is 12.9 Å². The number of hydrogen-bond acceptors (Lipinski definition) is 5. The first-order valence-corrected chi connectivity index (χ1v) is 8.94. The van der Waals surface area contributed by atoms with Crippen LogP contribution >= 0.6 is 11.8 Å². The second-order valence-electron chi connectivity index (χ2n) is 4.31. The molecule has 0 fully saturated rings. The Labute approximate surface area is 128 Å². The highest BCUT2D eigenvalue weighted by atomic mass is 32.2. The summed E-state index contributed by atoms with van der Waals surface area (Å²) in [5.74, 6) is 0.906. The van der Waals surface area contributed by atoms with Gasteiger partial charge >= 0.3 is 0 Å². The maximum absolute atomic E-state index is 12.2. The van der Waals surface area contributed by atoms with Crippen LogP contribution in [0, 0.1) is 0 Å². The molecular weight excluding hydrogens is 308 g/mol. The van der Waals surface area contributed by atoms with E-state index in [1.54, 1.807) is 19.2 Å². The summed E-state index contributed by atoms with van der Waals surface area (Å²) in [6.07, 6.45) is 0. The lowest BCUT2D eigenvalue weighted by Crippen LogP contribution is -2.09. The number of sulfone groups is 1. The van der Waals surface area contributed by atoms with Crippen LogP contribution in [0.3, 0.4) is 0 Å². The molecule has 0 aliphatic rings. The number of aromatic hydroxyl groups is 1. The van der Waals surface area contributed by atoms with E-state index >= 15 is 0 Å². The van der Waals surface area contributed by atoms with Gasteiger partial charge in [0.25, 0.3) is 0 Å². The smallest absolute Gasteiger partial charge is 0.182 e. The molecule has 0 aromatic heterocycles. The van der Waals surface area contributed by atoms with Crippen LogP contribution in [0.5, 0.6) is 11.5 Å². The number of hydrogen-bond donors (Lipinski definition) is 1. The fourth-order valence-electron chi connectivity index (χ4n) is 1.79. The monoisotopic (exact) mass is 324 g/mol. The lowest BCUT2D eigenvalue weighted by atomic mass is 10.3. The third-order valence-electron chi connectivity index (χ3n) is 2.86. The Morgan fingerprint density at radius 3 is 2.62 bits per heavy atom. The number of para-hydroxylation sites is 1. The summed E-state index contributed by atoms with van der Waals surface area (Å²) in [5.41, 5.74) is 0. The Morgan fingerprint density at radius 1 is 1.14 bits per heavy atom. The van der Waals surface area contributed by atoms with Crippen molar-refractivity contribution in [2.24, 2.45) is 0 Å². The van der Waals surface area contributed by atoms with Crippen molar-refractivity contribution < 1.29 is 18.3 Å². The molecule has 2 aromatic carbocycles. The van der Waals surface area contributed by atoms with Crippen molar-refractivity contribution in [1.29, 1.82) is 0 Å². The molecule has 2 aromatic rings. The Hall–Kier alpha value is -1.66. The first-order valence-electron chi connectivity index (χ1n) is 6.30. The van der Waals surface area contributed by atoms with Crippen molar-refractivity contribution in [3.8, 4) is 11.5 Å². The largest absolute Gasteiger partial charge is 0.507 e. The van der Waals surface area contributed by atoms with Gasteiger partial charge in [0.15, 0.2) is 9.84 Å². The zero-order valence-electron chi connectivity index (χ0n) is 11.5. The second kappa shape index (κ2) is 6.87. The topological polar surface area (TPSA) is 63.6 Å². The van der Waals surface area contributed by atoms with Crippen LogP contribution in [0.15, 0.2) is 58.3 Å². The van der Waals surface area contributed by atoms with E-state index in [0.717, 1.165) is 10.6 Å². The SMILES string of the molecule is COc1cccc(SCCS(=O)(=O)c2ccccc2O)c1. The van der Waals surface area contributed by atoms with Crippen molar-refractivity contribution >= 4 is 21.6 Å². The van der Waals surface area contributed by atoms with Crippen LogP contribution in [0.25, 0.3) is 0 Å². The molecule has 0 saturated carbocycles. The summed E-state index contributed by atoms with van der Waals surface area (Å²) >= 11 is 1.44. The highest BCUT2D eigenvalue weighted by Crippen LogP contribution is 2.26. The minimum atomic E-state index is -3.48. The van der Waals surface area contributed by atoms with E-state index in [9.17, 15) is 13.5 Å². The molecule has 0 aliphatic heterocycles. The fraction of sp³-hybridized carbons (Fsp3) is 0.200. The standard InChI is InChI=1S/C15H16O4S2/c1-19-12-5-4-6-13(11-12)20-9-10-21(17,18)15-8-3-2-7-14(15)16/h2-8,11,16H,9-10H2,1H3. The normalized spacial score (nSPS) is 11.3. The van der Waals surface area contributed by atoms with Crippen LogP contribution < -0.4 is 4.74 Å². The molecule has 0 radical (unpaired) electrons. The first-order chi connectivity index (χ1) is 10.0. The van der Waals surface area contributed by atoms with Crippen molar-refractivity contribution in [1.82, 2.24) is 0 Å². The predicted molar refractivity (Wildman–Crippen MR) is 83.9 cm³/mol. The first kappa shape index (κ1) is 15.7. The van der Waals surface area contributed by atoms with Gasteiger partial charge in [-0.15, -0.1) is 11.8 Å². The molecular formula is C15H16O4S2. The Kier molecular flexibility index (Phi) is 5.14. The van der Waals surface area contributed by atoms with Gasteiger partial charge in [0.2, 0.25) is 0 Å². The van der Waals surface area contributed by atoms with Gasteiger partial charge in [-0.25, -0.2) is 8.42 Å². The van der Waals surface area contributed by atoms with Gasteiger partial charge in [-0.3, -0.25) is 0 Å². The lowest BCUT2D eigenvalue weighted by Gasteiger charge is -2.07. The number of thioether (sulfide) groups is 1. The molecule has 21 heavy (non-hydrogen) atoms. The van der Waals surface area contributed by atoms with Gasteiger partial charge in [0.1, 0.15) is 16.4 Å². The summed E-state index contributed by atoms with van der Waals surface area (Å²) in [5, 5.41) is 9.63. The quantitative estimate of drug-likeness (QED) is 0.828. The summed E-state index contributed by atoms with van der Waals surface area (Å²) in [4.78, 5) is 0.929. The molecule has 4 nitrogen and oxygen atoms in total. The molecule has 0 saturated heterocycles. The summed E-state index contributed by atoms with van der Waals surface area (Å²) < 4.78 is 29.5.